The van der Waals surface area contributed by atoms with E-state index in [-0.39, 0.29) is 11.9 Å². The van der Waals surface area contributed by atoms with Crippen LogP contribution in [0.3, 0.4) is 0 Å². The highest BCUT2D eigenvalue weighted by Gasteiger charge is 2.30. The Morgan fingerprint density at radius 1 is 1.04 bits per heavy atom. The van der Waals surface area contributed by atoms with Gasteiger partial charge in [-0.2, -0.15) is 0 Å². The lowest BCUT2D eigenvalue weighted by Crippen LogP contribution is -2.45. The molecule has 0 saturated carbocycles. The smallest absolute Gasteiger partial charge is 0.255 e. The summed E-state index contributed by atoms with van der Waals surface area (Å²) in [7, 11) is 0. The van der Waals surface area contributed by atoms with Gasteiger partial charge in [0.05, 0.1) is 11.6 Å². The molecule has 4 rings (SSSR count). The fourth-order valence-corrected chi connectivity index (χ4v) is 3.86. The van der Waals surface area contributed by atoms with Crippen LogP contribution in [-0.2, 0) is 4.79 Å². The number of hydrogen-bond acceptors (Lipinski definition) is 2. The van der Waals surface area contributed by atoms with Crippen LogP contribution < -0.4 is 16.0 Å². The number of nitrogens with one attached hydrogen (secondary N) is 3. The lowest BCUT2D eigenvalue weighted by molar-refractivity contribution is -0.113. The Hall–Kier alpha value is -2.89. The maximum Gasteiger partial charge on any atom is 0.255 e. The molecule has 4 nitrogen and oxygen atoms in total. The zero-order valence-corrected chi connectivity index (χ0v) is 16.7. The third kappa shape index (κ3) is 3.59. The Labute approximate surface area is 173 Å². The predicted octanol–water partition coefficient (Wildman–Crippen LogP) is 4.92. The Morgan fingerprint density at radius 3 is 2.54 bits per heavy atom. The van der Waals surface area contributed by atoms with Gasteiger partial charge in [-0.15, -0.1) is 0 Å². The van der Waals surface area contributed by atoms with Gasteiger partial charge in [0.2, 0.25) is 0 Å². The van der Waals surface area contributed by atoms with Gasteiger partial charge in [-0.25, -0.2) is 0 Å². The molecular formula is C22H18ClN3OS. The van der Waals surface area contributed by atoms with Gasteiger partial charge < -0.3 is 16.0 Å². The molecule has 0 fully saturated rings. The van der Waals surface area contributed by atoms with Crippen molar-refractivity contribution in [1.29, 1.82) is 0 Å². The molecule has 1 heterocycles. The first-order valence-electron chi connectivity index (χ1n) is 8.86. The molecule has 0 radical (unpaired) electrons. The first-order chi connectivity index (χ1) is 13.5. The molecule has 140 valence electrons. The second kappa shape index (κ2) is 7.62. The fourth-order valence-electron chi connectivity index (χ4n) is 3.46. The quantitative estimate of drug-likeness (QED) is 0.539. The van der Waals surface area contributed by atoms with Gasteiger partial charge in [0, 0.05) is 16.4 Å². The number of rotatable bonds is 3. The molecule has 0 saturated heterocycles. The van der Waals surface area contributed by atoms with E-state index in [0.717, 1.165) is 22.0 Å². The van der Waals surface area contributed by atoms with Crippen LogP contribution in [0.4, 0.5) is 5.69 Å². The molecule has 1 aliphatic heterocycles. The van der Waals surface area contributed by atoms with E-state index in [1.54, 1.807) is 24.3 Å². The van der Waals surface area contributed by atoms with E-state index in [2.05, 4.69) is 34.1 Å². The molecular weight excluding hydrogens is 390 g/mol. The van der Waals surface area contributed by atoms with Crippen molar-refractivity contribution in [1.82, 2.24) is 10.6 Å². The molecule has 0 spiro atoms. The largest absolute Gasteiger partial charge is 0.351 e. The number of thiocarbonyl (C=S) groups is 1. The third-order valence-corrected chi connectivity index (χ3v) is 5.22. The topological polar surface area (TPSA) is 53.2 Å². The molecule has 1 amide bonds. The number of fused-ring (bicyclic) bond motifs is 1. The Kier molecular flexibility index (Phi) is 5.03. The highest BCUT2D eigenvalue weighted by Crippen LogP contribution is 2.32. The number of carbonyl (C=O) groups is 1. The summed E-state index contributed by atoms with van der Waals surface area (Å²) in [5.41, 5.74) is 3.01. The highest BCUT2D eigenvalue weighted by molar-refractivity contribution is 7.80. The van der Waals surface area contributed by atoms with E-state index in [1.807, 2.05) is 31.2 Å². The van der Waals surface area contributed by atoms with Crippen LogP contribution in [0.25, 0.3) is 10.8 Å². The van der Waals surface area contributed by atoms with Crippen molar-refractivity contribution in [3.05, 3.63) is 88.6 Å². The van der Waals surface area contributed by atoms with Crippen molar-refractivity contribution in [2.24, 2.45) is 0 Å². The average molecular weight is 408 g/mol. The van der Waals surface area contributed by atoms with Crippen LogP contribution >= 0.6 is 23.8 Å². The molecule has 3 N–H and O–H groups in total. The van der Waals surface area contributed by atoms with Gasteiger partial charge in [-0.1, -0.05) is 54.1 Å². The zero-order valence-electron chi connectivity index (χ0n) is 15.1. The summed E-state index contributed by atoms with van der Waals surface area (Å²) in [5.74, 6) is -0.194. The lowest BCUT2D eigenvalue weighted by Gasteiger charge is -2.31. The molecule has 0 aliphatic carbocycles. The molecule has 1 atom stereocenters. The maximum atomic E-state index is 13.2. The van der Waals surface area contributed by atoms with Crippen LogP contribution in [0.15, 0.2) is 78.0 Å². The normalized spacial score (nSPS) is 16.5. The van der Waals surface area contributed by atoms with Gasteiger partial charge in [-0.05, 0) is 59.7 Å². The van der Waals surface area contributed by atoms with Crippen molar-refractivity contribution in [3.8, 4) is 0 Å². The van der Waals surface area contributed by atoms with Gasteiger partial charge >= 0.3 is 0 Å². The third-order valence-electron chi connectivity index (χ3n) is 4.75. The molecule has 3 aromatic carbocycles. The molecule has 3 aromatic rings. The molecule has 1 aliphatic rings. The van der Waals surface area contributed by atoms with Crippen LogP contribution in [0.5, 0.6) is 0 Å². The van der Waals surface area contributed by atoms with Crippen molar-refractivity contribution < 1.29 is 4.79 Å². The number of carbonyl (C=O) groups excluding carboxylic acids is 1. The number of allylic oxidation sites excluding steroid dienone is 1. The summed E-state index contributed by atoms with van der Waals surface area (Å²) in [6.07, 6.45) is 0. The van der Waals surface area contributed by atoms with Crippen molar-refractivity contribution in [2.45, 2.75) is 13.0 Å². The van der Waals surface area contributed by atoms with E-state index < -0.39 is 0 Å². The maximum absolute atomic E-state index is 13.2. The van der Waals surface area contributed by atoms with Gasteiger partial charge in [-0.3, -0.25) is 4.79 Å². The minimum Gasteiger partial charge on any atom is -0.351 e. The van der Waals surface area contributed by atoms with E-state index in [0.29, 0.717) is 21.4 Å². The van der Waals surface area contributed by atoms with E-state index in [9.17, 15) is 4.79 Å². The number of anilines is 1. The minimum absolute atomic E-state index is 0.194. The molecule has 28 heavy (non-hydrogen) atoms. The molecule has 0 bridgehead atoms. The lowest BCUT2D eigenvalue weighted by atomic mass is 9.91. The fraction of sp³-hybridized carbons (Fsp3) is 0.0909. The van der Waals surface area contributed by atoms with Crippen molar-refractivity contribution in [3.63, 3.8) is 0 Å². The Bertz CT molecular complexity index is 1100. The summed E-state index contributed by atoms with van der Waals surface area (Å²) in [6, 6.07) is 20.9. The minimum atomic E-state index is -0.354. The van der Waals surface area contributed by atoms with Gasteiger partial charge in [0.25, 0.3) is 5.91 Å². The molecule has 0 aromatic heterocycles. The Morgan fingerprint density at radius 2 is 1.75 bits per heavy atom. The van der Waals surface area contributed by atoms with Crippen LogP contribution in [0.2, 0.25) is 5.02 Å². The van der Waals surface area contributed by atoms with Crippen molar-refractivity contribution >= 4 is 51.3 Å². The predicted molar refractivity (Wildman–Crippen MR) is 118 cm³/mol. The second-order valence-electron chi connectivity index (χ2n) is 6.60. The van der Waals surface area contributed by atoms with E-state index >= 15 is 0 Å². The SMILES string of the molecule is CC1=C(C(=O)Nc2ccc(Cl)cc2)C(c2cccc3ccccc23)NC(=S)N1. The summed E-state index contributed by atoms with van der Waals surface area (Å²) in [4.78, 5) is 13.2. The second-order valence-corrected chi connectivity index (χ2v) is 7.44. The van der Waals surface area contributed by atoms with Crippen LogP contribution in [-0.4, -0.2) is 11.0 Å². The standard InChI is InChI=1S/C22H18ClN3OS/c1-13-19(21(27)25-16-11-9-15(23)10-12-16)20(26-22(28)24-13)18-8-4-6-14-5-2-3-7-17(14)18/h2-12,20H,1H3,(H,25,27)(H2,24,26,28). The van der Waals surface area contributed by atoms with E-state index in [4.69, 9.17) is 23.8 Å². The number of amides is 1. The summed E-state index contributed by atoms with van der Waals surface area (Å²) in [5, 5.41) is 12.6. The first kappa shape index (κ1) is 18.5. The number of benzene rings is 3. The van der Waals surface area contributed by atoms with Crippen LogP contribution in [0, 0.1) is 0 Å². The first-order valence-corrected chi connectivity index (χ1v) is 9.64. The monoisotopic (exact) mass is 407 g/mol. The van der Waals surface area contributed by atoms with Crippen molar-refractivity contribution in [2.75, 3.05) is 5.32 Å². The number of hydrogen-bond donors (Lipinski definition) is 3. The number of halogens is 1. The summed E-state index contributed by atoms with van der Waals surface area (Å²) < 4.78 is 0. The molecule has 1 unspecified atom stereocenters. The zero-order chi connectivity index (χ0) is 19.7. The summed E-state index contributed by atoms with van der Waals surface area (Å²) >= 11 is 11.3. The van der Waals surface area contributed by atoms with Gasteiger partial charge in [0.1, 0.15) is 0 Å². The van der Waals surface area contributed by atoms with Crippen LogP contribution in [0.1, 0.15) is 18.5 Å². The highest BCUT2D eigenvalue weighted by atomic mass is 35.5. The average Bonchev–Trinajstić information content (AvgIpc) is 2.68. The Balaban J connectivity index is 1.76. The summed E-state index contributed by atoms with van der Waals surface area (Å²) in [6.45, 7) is 1.86. The van der Waals surface area contributed by atoms with E-state index in [1.165, 1.54) is 0 Å². The van der Waals surface area contributed by atoms with Gasteiger partial charge in [0.15, 0.2) is 5.11 Å². The molecule has 6 heteroatoms.